The lowest BCUT2D eigenvalue weighted by atomic mass is 10.1. The number of rotatable bonds is 3. The fraction of sp³-hybridized carbons (Fsp3) is 0.0714. The molecule has 0 atom stereocenters. The van der Waals surface area contributed by atoms with Crippen LogP contribution < -0.4 is 0 Å². The molecule has 3 aromatic rings. The van der Waals surface area contributed by atoms with E-state index >= 15 is 0 Å². The Bertz CT molecular complexity index is 901. The summed E-state index contributed by atoms with van der Waals surface area (Å²) in [7, 11) is 0. The first-order valence-corrected chi connectivity index (χ1v) is 6.79. The number of carboxylic acids is 2. The number of hydrogen-bond acceptors (Lipinski definition) is 3. The molecule has 0 aliphatic carbocycles. The number of aromatic nitrogens is 2. The van der Waals surface area contributed by atoms with Gasteiger partial charge in [0.05, 0.1) is 11.7 Å². The molecule has 0 fully saturated rings. The average Bonchev–Trinajstić information content (AvgIpc) is 2.71. The summed E-state index contributed by atoms with van der Waals surface area (Å²) in [5.41, 5.74) is 1.24. The van der Waals surface area contributed by atoms with E-state index in [0.29, 0.717) is 10.9 Å². The normalized spacial score (nSPS) is 11.1. The summed E-state index contributed by atoms with van der Waals surface area (Å²) in [5, 5.41) is 19.6. The number of pyridine rings is 1. The standard InChI is InChI=1S/C14H9BrN2O4/c15-7-1-2-11-8(3-7)9-4-10(14(20)21)16-5-12(9)17(11)6-13(18)19/h1-5H,6H2,(H,18,19)(H,20,21). The molecular formula is C14H9BrN2O4. The maximum Gasteiger partial charge on any atom is 0.354 e. The minimum Gasteiger partial charge on any atom is -0.480 e. The van der Waals surface area contributed by atoms with Gasteiger partial charge in [0, 0.05) is 20.8 Å². The van der Waals surface area contributed by atoms with E-state index in [1.165, 1.54) is 12.3 Å². The highest BCUT2D eigenvalue weighted by Crippen LogP contribution is 2.31. The topological polar surface area (TPSA) is 92.4 Å². The molecule has 0 spiro atoms. The van der Waals surface area contributed by atoms with Gasteiger partial charge in [-0.25, -0.2) is 9.78 Å². The third kappa shape index (κ3) is 2.25. The van der Waals surface area contributed by atoms with Gasteiger partial charge in [0.1, 0.15) is 12.2 Å². The summed E-state index contributed by atoms with van der Waals surface area (Å²) in [6, 6.07) is 6.90. The number of halogens is 1. The van der Waals surface area contributed by atoms with Gasteiger partial charge in [0.15, 0.2) is 0 Å². The van der Waals surface area contributed by atoms with Crippen LogP contribution in [0.15, 0.2) is 34.9 Å². The number of hydrogen-bond donors (Lipinski definition) is 2. The Kier molecular flexibility index (Phi) is 3.13. The molecule has 0 radical (unpaired) electrons. The van der Waals surface area contributed by atoms with E-state index in [0.717, 1.165) is 15.4 Å². The summed E-state index contributed by atoms with van der Waals surface area (Å²) < 4.78 is 2.44. The van der Waals surface area contributed by atoms with Crippen LogP contribution >= 0.6 is 15.9 Å². The minimum absolute atomic E-state index is 0.0724. The van der Waals surface area contributed by atoms with E-state index < -0.39 is 11.9 Å². The minimum atomic E-state index is -1.12. The maximum absolute atomic E-state index is 11.1. The second-order valence-corrected chi connectivity index (χ2v) is 5.45. The molecular weight excluding hydrogens is 340 g/mol. The van der Waals surface area contributed by atoms with Gasteiger partial charge in [-0.3, -0.25) is 4.79 Å². The van der Waals surface area contributed by atoms with Crippen molar-refractivity contribution in [2.45, 2.75) is 6.54 Å². The first-order chi connectivity index (χ1) is 9.97. The average molecular weight is 349 g/mol. The summed E-state index contributed by atoms with van der Waals surface area (Å²) >= 11 is 3.37. The molecule has 21 heavy (non-hydrogen) atoms. The van der Waals surface area contributed by atoms with Gasteiger partial charge in [-0.2, -0.15) is 0 Å². The molecule has 7 heteroatoms. The Morgan fingerprint density at radius 2 is 1.86 bits per heavy atom. The van der Waals surface area contributed by atoms with Crippen LogP contribution in [0.1, 0.15) is 10.5 Å². The summed E-state index contributed by atoms with van der Waals surface area (Å²) in [6.45, 7) is -0.213. The third-order valence-electron chi connectivity index (χ3n) is 3.23. The molecule has 0 aliphatic heterocycles. The third-order valence-corrected chi connectivity index (χ3v) is 3.72. The number of nitrogens with zero attached hydrogens (tertiary/aromatic N) is 2. The Hall–Kier alpha value is -2.41. The van der Waals surface area contributed by atoms with Crippen molar-refractivity contribution in [3.05, 3.63) is 40.6 Å². The first-order valence-electron chi connectivity index (χ1n) is 6.00. The summed E-state index contributed by atoms with van der Waals surface area (Å²) in [5.74, 6) is -2.09. The Labute approximate surface area is 126 Å². The molecule has 6 nitrogen and oxygen atoms in total. The molecule has 2 aromatic heterocycles. The van der Waals surface area contributed by atoms with Gasteiger partial charge in [-0.05, 0) is 24.3 Å². The molecule has 0 amide bonds. The van der Waals surface area contributed by atoms with Crippen LogP contribution in [0.2, 0.25) is 0 Å². The molecule has 0 saturated carbocycles. The van der Waals surface area contributed by atoms with Gasteiger partial charge >= 0.3 is 11.9 Å². The van der Waals surface area contributed by atoms with Crippen LogP contribution in [0.3, 0.4) is 0 Å². The molecule has 3 rings (SSSR count). The van der Waals surface area contributed by atoms with Gasteiger partial charge in [-0.15, -0.1) is 0 Å². The van der Waals surface area contributed by atoms with Crippen LogP contribution in [0.4, 0.5) is 0 Å². The van der Waals surface area contributed by atoms with Crippen molar-refractivity contribution in [2.24, 2.45) is 0 Å². The van der Waals surface area contributed by atoms with Gasteiger partial charge in [-0.1, -0.05) is 15.9 Å². The highest BCUT2D eigenvalue weighted by molar-refractivity contribution is 9.10. The predicted octanol–water partition coefficient (Wildman–Crippen LogP) is 2.73. The smallest absolute Gasteiger partial charge is 0.354 e. The van der Waals surface area contributed by atoms with E-state index in [1.54, 1.807) is 10.6 Å². The number of carboxylic acid groups (broad SMARTS) is 2. The second-order valence-electron chi connectivity index (χ2n) is 4.53. The number of aliphatic carboxylic acids is 1. The maximum atomic E-state index is 11.1. The van der Waals surface area contributed by atoms with Gasteiger partial charge < -0.3 is 14.8 Å². The quantitative estimate of drug-likeness (QED) is 0.759. The van der Waals surface area contributed by atoms with Crippen LogP contribution in [0, 0.1) is 0 Å². The number of fused-ring (bicyclic) bond motifs is 3. The predicted molar refractivity (Wildman–Crippen MR) is 79.5 cm³/mol. The fourth-order valence-corrected chi connectivity index (χ4v) is 2.75. The zero-order valence-corrected chi connectivity index (χ0v) is 12.2. The highest BCUT2D eigenvalue weighted by atomic mass is 79.9. The second kappa shape index (κ2) is 4.85. The monoisotopic (exact) mass is 348 g/mol. The number of benzene rings is 1. The van der Waals surface area contributed by atoms with E-state index in [4.69, 9.17) is 10.2 Å². The zero-order valence-electron chi connectivity index (χ0n) is 10.6. The molecule has 0 aliphatic rings. The Balaban J connectivity index is 2.43. The highest BCUT2D eigenvalue weighted by Gasteiger charge is 2.15. The molecule has 0 saturated heterocycles. The van der Waals surface area contributed by atoms with Crippen LogP contribution in [0.5, 0.6) is 0 Å². The van der Waals surface area contributed by atoms with Crippen molar-refractivity contribution in [3.63, 3.8) is 0 Å². The number of aromatic carboxylic acids is 1. The molecule has 1 aromatic carbocycles. The van der Waals surface area contributed by atoms with Crippen LogP contribution in [-0.2, 0) is 11.3 Å². The molecule has 0 unspecified atom stereocenters. The van der Waals surface area contributed by atoms with Crippen molar-refractivity contribution in [3.8, 4) is 0 Å². The van der Waals surface area contributed by atoms with Crippen molar-refractivity contribution in [1.82, 2.24) is 9.55 Å². The fourth-order valence-electron chi connectivity index (χ4n) is 2.39. The largest absolute Gasteiger partial charge is 0.480 e. The van der Waals surface area contributed by atoms with Crippen molar-refractivity contribution < 1.29 is 19.8 Å². The van der Waals surface area contributed by atoms with E-state index in [9.17, 15) is 9.59 Å². The molecule has 0 bridgehead atoms. The van der Waals surface area contributed by atoms with E-state index in [1.807, 2.05) is 12.1 Å². The molecule has 2 N–H and O–H groups in total. The van der Waals surface area contributed by atoms with Crippen molar-refractivity contribution in [1.29, 1.82) is 0 Å². The van der Waals surface area contributed by atoms with Crippen LogP contribution in [0.25, 0.3) is 21.8 Å². The van der Waals surface area contributed by atoms with Crippen LogP contribution in [-0.4, -0.2) is 31.7 Å². The molecule has 2 heterocycles. The summed E-state index contributed by atoms with van der Waals surface area (Å²) in [6.07, 6.45) is 1.40. The summed E-state index contributed by atoms with van der Waals surface area (Å²) in [4.78, 5) is 26.0. The zero-order chi connectivity index (χ0) is 15.1. The lowest BCUT2D eigenvalue weighted by molar-refractivity contribution is -0.137. The van der Waals surface area contributed by atoms with Gasteiger partial charge in [0.25, 0.3) is 0 Å². The number of carbonyl (C=O) groups is 2. The SMILES string of the molecule is O=C(O)Cn1c2ccc(Br)cc2c2cc(C(=O)O)ncc21. The lowest BCUT2D eigenvalue weighted by Gasteiger charge is -2.03. The molecule has 106 valence electrons. The van der Waals surface area contributed by atoms with E-state index in [-0.39, 0.29) is 12.2 Å². The van der Waals surface area contributed by atoms with Crippen molar-refractivity contribution >= 4 is 49.7 Å². The Morgan fingerprint density at radius 1 is 1.14 bits per heavy atom. The first kappa shape index (κ1) is 13.6. The van der Waals surface area contributed by atoms with Crippen molar-refractivity contribution in [2.75, 3.05) is 0 Å². The van der Waals surface area contributed by atoms with Gasteiger partial charge in [0.2, 0.25) is 0 Å². The van der Waals surface area contributed by atoms with E-state index in [2.05, 4.69) is 20.9 Å². The lowest BCUT2D eigenvalue weighted by Crippen LogP contribution is -2.08. The Morgan fingerprint density at radius 3 is 2.52 bits per heavy atom.